The Morgan fingerprint density at radius 1 is 1.10 bits per heavy atom. The highest BCUT2D eigenvalue weighted by Gasteiger charge is 2.52. The van der Waals surface area contributed by atoms with E-state index in [1.165, 1.54) is 0 Å². The molecule has 1 aromatic carbocycles. The number of urea groups is 1. The lowest BCUT2D eigenvalue weighted by Crippen LogP contribution is -2.64. The number of halogens is 2. The first-order valence-corrected chi connectivity index (χ1v) is 6.53. The molecule has 0 spiro atoms. The maximum Gasteiger partial charge on any atom is 0.335 e. The van der Waals surface area contributed by atoms with E-state index in [9.17, 15) is 23.2 Å². The van der Waals surface area contributed by atoms with Crippen molar-refractivity contribution in [1.29, 1.82) is 0 Å². The summed E-state index contributed by atoms with van der Waals surface area (Å²) in [5, 5.41) is 2.00. The van der Waals surface area contributed by atoms with Crippen LogP contribution in [0.25, 0.3) is 0 Å². The maximum atomic E-state index is 13.8. The second-order valence-electron chi connectivity index (χ2n) is 4.76. The molecule has 2 rings (SSSR count). The molecule has 1 aromatic rings. The molecule has 0 bridgehead atoms. The van der Waals surface area contributed by atoms with Gasteiger partial charge < -0.3 is 0 Å². The van der Waals surface area contributed by atoms with Gasteiger partial charge in [0.05, 0.1) is 0 Å². The van der Waals surface area contributed by atoms with Gasteiger partial charge in [-0.2, -0.15) is 0 Å². The van der Waals surface area contributed by atoms with Gasteiger partial charge in [-0.05, 0) is 25.0 Å². The minimum Gasteiger partial charge on any atom is -0.276 e. The van der Waals surface area contributed by atoms with Crippen molar-refractivity contribution in [3.8, 4) is 0 Å². The van der Waals surface area contributed by atoms with Crippen LogP contribution in [0.2, 0.25) is 0 Å². The number of para-hydroxylation sites is 1. The predicted octanol–water partition coefficient (Wildman–Crippen LogP) is 2.35. The Morgan fingerprint density at radius 2 is 1.62 bits per heavy atom. The first kappa shape index (κ1) is 15.1. The summed E-state index contributed by atoms with van der Waals surface area (Å²) >= 11 is 0. The van der Waals surface area contributed by atoms with Gasteiger partial charge in [-0.1, -0.05) is 19.9 Å². The summed E-state index contributed by atoms with van der Waals surface area (Å²) < 4.78 is 27.7. The monoisotopic (exact) mass is 296 g/mol. The molecule has 0 radical (unpaired) electrons. The number of carbonyl (C=O) groups is 3. The van der Waals surface area contributed by atoms with Crippen molar-refractivity contribution in [3.05, 3.63) is 29.8 Å². The first-order chi connectivity index (χ1) is 9.89. The number of carbonyl (C=O) groups excluding carboxylic acids is 3. The normalized spacial score (nSPS) is 17.9. The lowest BCUT2D eigenvalue weighted by molar-refractivity contribution is -0.143. The second-order valence-corrected chi connectivity index (χ2v) is 4.76. The fourth-order valence-electron chi connectivity index (χ4n) is 2.46. The highest BCUT2D eigenvalue weighted by Crippen LogP contribution is 2.36. The Hall–Kier alpha value is -2.31. The smallest absolute Gasteiger partial charge is 0.276 e. The van der Waals surface area contributed by atoms with Crippen LogP contribution in [0.1, 0.15) is 26.7 Å². The molecule has 1 heterocycles. The molecule has 7 heteroatoms. The van der Waals surface area contributed by atoms with Crippen LogP contribution in [0.3, 0.4) is 0 Å². The third-order valence-corrected chi connectivity index (χ3v) is 3.84. The van der Waals surface area contributed by atoms with Crippen LogP contribution in [0.15, 0.2) is 18.2 Å². The van der Waals surface area contributed by atoms with Gasteiger partial charge in [-0.25, -0.2) is 18.5 Å². The van der Waals surface area contributed by atoms with Gasteiger partial charge in [-0.3, -0.25) is 14.9 Å². The molecular weight excluding hydrogens is 282 g/mol. The van der Waals surface area contributed by atoms with Crippen LogP contribution >= 0.6 is 0 Å². The average molecular weight is 296 g/mol. The Morgan fingerprint density at radius 3 is 2.10 bits per heavy atom. The summed E-state index contributed by atoms with van der Waals surface area (Å²) in [5.41, 5.74) is -2.26. The molecule has 0 aliphatic carbocycles. The molecule has 5 nitrogen and oxygen atoms in total. The lowest BCUT2D eigenvalue weighted by Gasteiger charge is -2.38. The molecule has 1 fully saturated rings. The van der Waals surface area contributed by atoms with Gasteiger partial charge in [0.2, 0.25) is 5.91 Å². The summed E-state index contributed by atoms with van der Waals surface area (Å²) in [7, 11) is 0. The molecule has 1 N–H and O–H groups in total. The van der Waals surface area contributed by atoms with Crippen LogP contribution in [0, 0.1) is 17.0 Å². The van der Waals surface area contributed by atoms with Crippen molar-refractivity contribution >= 4 is 23.5 Å². The number of barbiturate groups is 1. The molecule has 21 heavy (non-hydrogen) atoms. The standard InChI is InChI=1S/C14H14F2N2O3/c1-3-14(4-2)11(19)17-13(21)18(12(14)20)10-8(15)6-5-7-9(10)16/h5-7H,3-4H2,1-2H3,(H,17,19,21). The van der Waals surface area contributed by atoms with Crippen LogP contribution in [0.4, 0.5) is 19.3 Å². The summed E-state index contributed by atoms with van der Waals surface area (Å²) in [5.74, 6) is -3.75. The Balaban J connectivity index is 2.61. The minimum absolute atomic E-state index is 0.119. The number of rotatable bonds is 3. The van der Waals surface area contributed by atoms with E-state index in [1.807, 2.05) is 5.32 Å². The minimum atomic E-state index is -1.50. The highest BCUT2D eigenvalue weighted by atomic mass is 19.1. The van der Waals surface area contributed by atoms with Gasteiger partial charge in [0.25, 0.3) is 5.91 Å². The Labute approximate surface area is 119 Å². The van der Waals surface area contributed by atoms with Crippen molar-refractivity contribution in [2.45, 2.75) is 26.7 Å². The molecule has 4 amide bonds. The molecule has 1 aliphatic heterocycles. The molecule has 0 atom stereocenters. The Kier molecular flexibility index (Phi) is 3.76. The number of nitrogens with zero attached hydrogens (tertiary/aromatic N) is 1. The Bertz CT molecular complexity index is 606. The van der Waals surface area contributed by atoms with Crippen molar-refractivity contribution in [3.63, 3.8) is 0 Å². The third kappa shape index (κ3) is 2.09. The molecule has 1 saturated heterocycles. The van der Waals surface area contributed by atoms with E-state index in [1.54, 1.807) is 13.8 Å². The first-order valence-electron chi connectivity index (χ1n) is 6.53. The van der Waals surface area contributed by atoms with E-state index in [4.69, 9.17) is 0 Å². The van der Waals surface area contributed by atoms with Crippen LogP contribution in [0.5, 0.6) is 0 Å². The molecular formula is C14H14F2N2O3. The zero-order valence-electron chi connectivity index (χ0n) is 11.6. The van der Waals surface area contributed by atoms with Crippen molar-refractivity contribution < 1.29 is 23.2 Å². The quantitative estimate of drug-likeness (QED) is 0.871. The second kappa shape index (κ2) is 5.23. The number of benzene rings is 1. The van der Waals surface area contributed by atoms with E-state index in [2.05, 4.69) is 0 Å². The number of hydrogen-bond acceptors (Lipinski definition) is 3. The fourth-order valence-corrected chi connectivity index (χ4v) is 2.46. The van der Waals surface area contributed by atoms with E-state index in [-0.39, 0.29) is 12.8 Å². The van der Waals surface area contributed by atoms with E-state index < -0.39 is 40.6 Å². The van der Waals surface area contributed by atoms with Gasteiger partial charge >= 0.3 is 6.03 Å². The van der Waals surface area contributed by atoms with Crippen LogP contribution in [-0.4, -0.2) is 17.8 Å². The lowest BCUT2D eigenvalue weighted by atomic mass is 9.78. The molecule has 0 saturated carbocycles. The van der Waals surface area contributed by atoms with Gasteiger partial charge in [-0.15, -0.1) is 0 Å². The van der Waals surface area contributed by atoms with Crippen LogP contribution in [-0.2, 0) is 9.59 Å². The summed E-state index contributed by atoms with van der Waals surface area (Å²) in [4.78, 5) is 36.8. The highest BCUT2D eigenvalue weighted by molar-refractivity contribution is 6.29. The van der Waals surface area contributed by atoms with Crippen molar-refractivity contribution in [1.82, 2.24) is 5.32 Å². The number of anilines is 1. The van der Waals surface area contributed by atoms with Crippen molar-refractivity contribution in [2.24, 2.45) is 5.41 Å². The number of amides is 4. The summed E-state index contributed by atoms with van der Waals surface area (Å²) in [6.07, 6.45) is 0.238. The van der Waals surface area contributed by atoms with Gasteiger partial charge in [0.15, 0.2) is 0 Å². The molecule has 0 aromatic heterocycles. The molecule has 112 valence electrons. The SMILES string of the molecule is CCC1(CC)C(=O)NC(=O)N(c2c(F)cccc2F)C1=O. The molecule has 0 unspecified atom stereocenters. The third-order valence-electron chi connectivity index (χ3n) is 3.84. The maximum absolute atomic E-state index is 13.8. The van der Waals surface area contributed by atoms with E-state index >= 15 is 0 Å². The zero-order valence-corrected chi connectivity index (χ0v) is 11.6. The number of imide groups is 2. The van der Waals surface area contributed by atoms with Crippen LogP contribution < -0.4 is 10.2 Å². The van der Waals surface area contributed by atoms with E-state index in [0.717, 1.165) is 18.2 Å². The van der Waals surface area contributed by atoms with Gasteiger partial charge in [0.1, 0.15) is 22.7 Å². The van der Waals surface area contributed by atoms with Gasteiger partial charge in [0, 0.05) is 0 Å². The summed E-state index contributed by atoms with van der Waals surface area (Å²) in [6.45, 7) is 3.21. The topological polar surface area (TPSA) is 66.5 Å². The van der Waals surface area contributed by atoms with E-state index in [0.29, 0.717) is 4.90 Å². The fraction of sp³-hybridized carbons (Fsp3) is 0.357. The largest absolute Gasteiger partial charge is 0.335 e. The van der Waals surface area contributed by atoms with Crippen molar-refractivity contribution in [2.75, 3.05) is 4.90 Å². The summed E-state index contributed by atoms with van der Waals surface area (Å²) in [6, 6.07) is 1.86. The zero-order chi connectivity index (χ0) is 15.8. The molecule has 1 aliphatic rings. The number of hydrogen-bond donors (Lipinski definition) is 1. The number of nitrogens with one attached hydrogen (secondary N) is 1. The average Bonchev–Trinajstić information content (AvgIpc) is 2.43. The predicted molar refractivity (Wildman–Crippen MR) is 70.4 cm³/mol.